The minimum Gasteiger partial charge on any atom is -0.347 e. The van der Waals surface area contributed by atoms with E-state index in [-0.39, 0.29) is 11.8 Å². The zero-order valence-corrected chi connectivity index (χ0v) is 12.0. The first-order valence-corrected chi connectivity index (χ1v) is 7.34. The first-order valence-electron chi connectivity index (χ1n) is 7.34. The van der Waals surface area contributed by atoms with Crippen molar-refractivity contribution in [3.8, 4) is 0 Å². The summed E-state index contributed by atoms with van der Waals surface area (Å²) in [4.78, 5) is 2.50. The molecule has 0 aromatic heterocycles. The van der Waals surface area contributed by atoms with Gasteiger partial charge in [0.15, 0.2) is 5.79 Å². The van der Waals surface area contributed by atoms with Gasteiger partial charge in [0, 0.05) is 31.5 Å². The second-order valence-corrected chi connectivity index (χ2v) is 6.06. The Balaban J connectivity index is 2.03. The summed E-state index contributed by atoms with van der Waals surface area (Å²) in [6.45, 7) is 10.4. The van der Waals surface area contributed by atoms with E-state index in [4.69, 9.17) is 15.2 Å². The molecule has 4 heteroatoms. The highest BCUT2D eigenvalue weighted by atomic mass is 16.7. The monoisotopic (exact) mass is 256 g/mol. The fourth-order valence-electron chi connectivity index (χ4n) is 3.28. The van der Waals surface area contributed by atoms with E-state index in [2.05, 4.69) is 25.7 Å². The molecule has 1 saturated heterocycles. The Labute approximate surface area is 111 Å². The van der Waals surface area contributed by atoms with Crippen LogP contribution in [0.2, 0.25) is 0 Å². The molecule has 1 spiro atoms. The summed E-state index contributed by atoms with van der Waals surface area (Å²) in [6, 6.07) is 0.645. The molecule has 1 saturated carbocycles. The molecule has 0 aromatic carbocycles. The molecule has 2 fully saturated rings. The van der Waals surface area contributed by atoms with E-state index in [1.54, 1.807) is 0 Å². The molecule has 106 valence electrons. The molecule has 18 heavy (non-hydrogen) atoms. The van der Waals surface area contributed by atoms with Crippen molar-refractivity contribution in [2.75, 3.05) is 26.3 Å². The molecule has 2 unspecified atom stereocenters. The second kappa shape index (κ2) is 5.87. The van der Waals surface area contributed by atoms with Gasteiger partial charge in [-0.1, -0.05) is 20.8 Å². The van der Waals surface area contributed by atoms with Gasteiger partial charge in [0.25, 0.3) is 0 Å². The van der Waals surface area contributed by atoms with Crippen LogP contribution in [0.3, 0.4) is 0 Å². The molecule has 1 heterocycles. The van der Waals surface area contributed by atoms with E-state index < -0.39 is 0 Å². The fraction of sp³-hybridized carbons (Fsp3) is 1.00. The highest BCUT2D eigenvalue weighted by molar-refractivity contribution is 4.95. The molecular weight excluding hydrogens is 228 g/mol. The Morgan fingerprint density at radius 3 is 2.56 bits per heavy atom. The van der Waals surface area contributed by atoms with Gasteiger partial charge in [-0.25, -0.2) is 0 Å². The Kier molecular flexibility index (Phi) is 4.64. The van der Waals surface area contributed by atoms with E-state index in [1.807, 2.05) is 0 Å². The average molecular weight is 256 g/mol. The molecular formula is C14H28N2O2. The third kappa shape index (κ3) is 3.05. The molecule has 2 rings (SSSR count). The zero-order chi connectivity index (χ0) is 13.2. The third-order valence-corrected chi connectivity index (χ3v) is 4.16. The van der Waals surface area contributed by atoms with Gasteiger partial charge in [0.1, 0.15) is 0 Å². The highest BCUT2D eigenvalue weighted by Gasteiger charge is 2.45. The zero-order valence-electron chi connectivity index (χ0n) is 12.0. The number of nitrogens with two attached hydrogens (primary N) is 1. The SMILES string of the molecule is CCN(CC(C)C)C1CC2(CCC1N)OCCO2. The van der Waals surface area contributed by atoms with Crippen molar-refractivity contribution in [1.82, 2.24) is 4.90 Å². The molecule has 2 aliphatic rings. The second-order valence-electron chi connectivity index (χ2n) is 6.06. The van der Waals surface area contributed by atoms with E-state index in [9.17, 15) is 0 Å². The van der Waals surface area contributed by atoms with Gasteiger partial charge in [-0.05, 0) is 18.9 Å². The predicted octanol–water partition coefficient (Wildman–Crippen LogP) is 1.59. The van der Waals surface area contributed by atoms with Crippen molar-refractivity contribution in [3.05, 3.63) is 0 Å². The Morgan fingerprint density at radius 2 is 2.00 bits per heavy atom. The summed E-state index contributed by atoms with van der Waals surface area (Å²) >= 11 is 0. The van der Waals surface area contributed by atoms with Crippen LogP contribution >= 0.6 is 0 Å². The number of hydrogen-bond acceptors (Lipinski definition) is 4. The lowest BCUT2D eigenvalue weighted by molar-refractivity contribution is -0.192. The number of nitrogens with zero attached hydrogens (tertiary/aromatic N) is 1. The van der Waals surface area contributed by atoms with Crippen LogP contribution in [-0.2, 0) is 9.47 Å². The maximum absolute atomic E-state index is 6.33. The van der Waals surface area contributed by atoms with Crippen molar-refractivity contribution in [2.24, 2.45) is 11.7 Å². The van der Waals surface area contributed by atoms with Crippen LogP contribution in [0, 0.1) is 5.92 Å². The van der Waals surface area contributed by atoms with Gasteiger partial charge in [0.05, 0.1) is 13.2 Å². The van der Waals surface area contributed by atoms with Crippen molar-refractivity contribution in [1.29, 1.82) is 0 Å². The van der Waals surface area contributed by atoms with Gasteiger partial charge < -0.3 is 15.2 Å². The first-order chi connectivity index (χ1) is 8.56. The Hall–Kier alpha value is -0.160. The topological polar surface area (TPSA) is 47.7 Å². The lowest BCUT2D eigenvalue weighted by atomic mass is 9.84. The average Bonchev–Trinajstić information content (AvgIpc) is 2.78. The molecule has 0 aromatic rings. The quantitative estimate of drug-likeness (QED) is 0.830. The van der Waals surface area contributed by atoms with Gasteiger partial charge in [-0.2, -0.15) is 0 Å². The van der Waals surface area contributed by atoms with Crippen molar-refractivity contribution < 1.29 is 9.47 Å². The maximum Gasteiger partial charge on any atom is 0.170 e. The van der Waals surface area contributed by atoms with Gasteiger partial charge in [-0.15, -0.1) is 0 Å². The van der Waals surface area contributed by atoms with Gasteiger partial charge >= 0.3 is 0 Å². The largest absolute Gasteiger partial charge is 0.347 e. The van der Waals surface area contributed by atoms with Crippen molar-refractivity contribution in [2.45, 2.75) is 57.9 Å². The summed E-state index contributed by atoms with van der Waals surface area (Å²) in [5.74, 6) is 0.339. The fourth-order valence-corrected chi connectivity index (χ4v) is 3.28. The molecule has 1 aliphatic carbocycles. The van der Waals surface area contributed by atoms with Crippen molar-refractivity contribution in [3.63, 3.8) is 0 Å². The molecule has 0 bridgehead atoms. The lowest BCUT2D eigenvalue weighted by Gasteiger charge is -2.45. The van der Waals surface area contributed by atoms with Crippen LogP contribution in [0.5, 0.6) is 0 Å². The number of rotatable bonds is 4. The minimum atomic E-state index is -0.328. The molecule has 1 aliphatic heterocycles. The lowest BCUT2D eigenvalue weighted by Crippen LogP contribution is -2.56. The Morgan fingerprint density at radius 1 is 1.33 bits per heavy atom. The van der Waals surface area contributed by atoms with Gasteiger partial charge in [0.2, 0.25) is 0 Å². The van der Waals surface area contributed by atoms with Crippen LogP contribution in [0.4, 0.5) is 0 Å². The summed E-state index contributed by atoms with van der Waals surface area (Å²) in [7, 11) is 0. The number of ether oxygens (including phenoxy) is 2. The summed E-state index contributed by atoms with van der Waals surface area (Å²) in [5.41, 5.74) is 6.33. The Bertz CT molecular complexity index is 265. The summed E-state index contributed by atoms with van der Waals surface area (Å²) < 4.78 is 11.7. The maximum atomic E-state index is 6.33. The van der Waals surface area contributed by atoms with Crippen LogP contribution in [0.1, 0.15) is 40.0 Å². The van der Waals surface area contributed by atoms with E-state index >= 15 is 0 Å². The van der Waals surface area contributed by atoms with Crippen LogP contribution in [-0.4, -0.2) is 49.1 Å². The number of likely N-dealkylation sites (N-methyl/N-ethyl adjacent to an activating group) is 1. The highest BCUT2D eigenvalue weighted by Crippen LogP contribution is 2.37. The van der Waals surface area contributed by atoms with E-state index in [1.165, 1.54) is 0 Å². The van der Waals surface area contributed by atoms with E-state index in [0.717, 1.165) is 45.6 Å². The predicted molar refractivity (Wildman–Crippen MR) is 72.3 cm³/mol. The summed E-state index contributed by atoms with van der Waals surface area (Å²) in [5, 5.41) is 0. The molecule has 0 amide bonds. The van der Waals surface area contributed by atoms with Gasteiger partial charge in [-0.3, -0.25) is 4.90 Å². The van der Waals surface area contributed by atoms with E-state index in [0.29, 0.717) is 12.0 Å². The molecule has 4 nitrogen and oxygen atoms in total. The van der Waals surface area contributed by atoms with Crippen molar-refractivity contribution >= 4 is 0 Å². The first kappa shape index (κ1) is 14.3. The molecule has 2 N–H and O–H groups in total. The van der Waals surface area contributed by atoms with Crippen LogP contribution in [0.25, 0.3) is 0 Å². The molecule has 0 radical (unpaired) electrons. The molecule has 2 atom stereocenters. The smallest absolute Gasteiger partial charge is 0.170 e. The van der Waals surface area contributed by atoms with Crippen LogP contribution in [0.15, 0.2) is 0 Å². The number of hydrogen-bond donors (Lipinski definition) is 1. The third-order valence-electron chi connectivity index (χ3n) is 4.16. The standard InChI is InChI=1S/C14H28N2O2/c1-4-16(10-11(2)3)13-9-14(6-5-12(13)15)17-7-8-18-14/h11-13H,4-10,15H2,1-3H3. The van der Waals surface area contributed by atoms with Crippen LogP contribution < -0.4 is 5.73 Å². The minimum absolute atomic E-state index is 0.252. The normalized spacial score (nSPS) is 31.7. The summed E-state index contributed by atoms with van der Waals surface area (Å²) in [6.07, 6.45) is 2.87.